The topological polar surface area (TPSA) is 20.2 Å². The number of aliphatic hydroxyl groups excluding tert-OH is 1. The summed E-state index contributed by atoms with van der Waals surface area (Å²) >= 11 is 0. The molecule has 0 radical (unpaired) electrons. The second kappa shape index (κ2) is 3.13. The highest BCUT2D eigenvalue weighted by Gasteiger charge is 2.80. The van der Waals surface area contributed by atoms with Crippen LogP contribution in [0.2, 0.25) is 0 Å². The molecular weight excluding hydrogens is 196 g/mol. The molecule has 4 rings (SSSR count). The van der Waals surface area contributed by atoms with Gasteiger partial charge in [-0.25, -0.2) is 0 Å². The fourth-order valence-corrected chi connectivity index (χ4v) is 5.19. The Bertz CT molecular complexity index is 331. The molecule has 16 heavy (non-hydrogen) atoms. The molecule has 0 heterocycles. The Labute approximate surface area is 98.9 Å². The molecule has 3 atom stereocenters. The van der Waals surface area contributed by atoms with E-state index < -0.39 is 0 Å². The molecule has 0 unspecified atom stereocenters. The van der Waals surface area contributed by atoms with Crippen molar-refractivity contribution in [3.8, 4) is 0 Å². The van der Waals surface area contributed by atoms with Crippen LogP contribution in [-0.2, 0) is 0 Å². The lowest BCUT2D eigenvalue weighted by atomic mass is 9.71. The molecule has 90 valence electrons. The van der Waals surface area contributed by atoms with Gasteiger partial charge < -0.3 is 5.11 Å². The van der Waals surface area contributed by atoms with Gasteiger partial charge in [0.2, 0.25) is 0 Å². The van der Waals surface area contributed by atoms with Gasteiger partial charge >= 0.3 is 0 Å². The van der Waals surface area contributed by atoms with Crippen LogP contribution in [0.15, 0.2) is 11.6 Å². The van der Waals surface area contributed by atoms with Gasteiger partial charge in [0.15, 0.2) is 0 Å². The summed E-state index contributed by atoms with van der Waals surface area (Å²) in [5, 5.41) is 8.99. The summed E-state index contributed by atoms with van der Waals surface area (Å²) in [5.41, 5.74) is 2.43. The first kappa shape index (κ1) is 10.8. The van der Waals surface area contributed by atoms with Gasteiger partial charge in [-0.2, -0.15) is 0 Å². The summed E-state index contributed by atoms with van der Waals surface area (Å²) in [7, 11) is 0. The van der Waals surface area contributed by atoms with Crippen molar-refractivity contribution in [2.45, 2.75) is 46.5 Å². The fourth-order valence-electron chi connectivity index (χ4n) is 5.19. The Kier molecular flexibility index (Phi) is 2.12. The van der Waals surface area contributed by atoms with Crippen molar-refractivity contribution in [2.75, 3.05) is 6.61 Å². The zero-order chi connectivity index (χ0) is 11.6. The van der Waals surface area contributed by atoms with Crippen molar-refractivity contribution in [2.24, 2.45) is 28.6 Å². The van der Waals surface area contributed by atoms with Gasteiger partial charge in [-0.3, -0.25) is 0 Å². The zero-order valence-electron chi connectivity index (χ0n) is 10.8. The second-order valence-electron chi connectivity index (χ2n) is 6.83. The van der Waals surface area contributed by atoms with E-state index in [-0.39, 0.29) is 6.61 Å². The summed E-state index contributed by atoms with van der Waals surface area (Å²) in [5.74, 6) is 3.16. The largest absolute Gasteiger partial charge is 0.392 e. The van der Waals surface area contributed by atoms with Gasteiger partial charge in [-0.15, -0.1) is 0 Å². The SMILES string of the molecule is C/C(=C/CC[C@@]1(C)C2C[C@@H]3[C@@H](C2)C31C)CO. The van der Waals surface area contributed by atoms with Crippen molar-refractivity contribution in [3.05, 3.63) is 11.6 Å². The predicted octanol–water partition coefficient (Wildman–Crippen LogP) is 3.39. The highest BCUT2D eigenvalue weighted by atomic mass is 16.3. The molecule has 0 aromatic carbocycles. The minimum atomic E-state index is 0.225. The molecule has 0 aromatic heterocycles. The molecule has 0 aliphatic heterocycles. The Hall–Kier alpha value is -0.300. The van der Waals surface area contributed by atoms with Gasteiger partial charge in [0.05, 0.1) is 6.61 Å². The van der Waals surface area contributed by atoms with E-state index in [0.29, 0.717) is 10.8 Å². The van der Waals surface area contributed by atoms with E-state index in [9.17, 15) is 0 Å². The third-order valence-corrected chi connectivity index (χ3v) is 6.53. The van der Waals surface area contributed by atoms with Gasteiger partial charge in [-0.1, -0.05) is 25.5 Å². The van der Waals surface area contributed by atoms with Crippen molar-refractivity contribution >= 4 is 0 Å². The van der Waals surface area contributed by atoms with Crippen LogP contribution in [0.1, 0.15) is 46.5 Å². The molecule has 1 nitrogen and oxygen atoms in total. The standard InChI is InChI=1S/C15H24O/c1-10(9-16)5-4-6-14(2)11-7-12-13(8-11)15(12,14)3/h5,11-13,16H,4,6-9H2,1-3H3/b10-5-/t11?,12-,13-,14+,15?/m1/s1. The number of hydrogen-bond acceptors (Lipinski definition) is 1. The minimum absolute atomic E-state index is 0.225. The molecule has 1 heteroatoms. The average molecular weight is 220 g/mol. The van der Waals surface area contributed by atoms with E-state index in [0.717, 1.165) is 29.7 Å². The lowest BCUT2D eigenvalue weighted by molar-refractivity contribution is 0.154. The van der Waals surface area contributed by atoms with Gasteiger partial charge in [0, 0.05) is 0 Å². The number of hydrogen-bond donors (Lipinski definition) is 1. The average Bonchev–Trinajstić information content (AvgIpc) is 2.62. The monoisotopic (exact) mass is 220 g/mol. The molecule has 4 fully saturated rings. The van der Waals surface area contributed by atoms with Crippen molar-refractivity contribution in [3.63, 3.8) is 0 Å². The first-order valence-electron chi connectivity index (χ1n) is 6.80. The summed E-state index contributed by atoms with van der Waals surface area (Å²) in [6.07, 6.45) is 7.76. The van der Waals surface area contributed by atoms with Crippen LogP contribution in [-0.4, -0.2) is 11.7 Å². The molecule has 4 saturated carbocycles. The van der Waals surface area contributed by atoms with Crippen LogP contribution in [0, 0.1) is 28.6 Å². The van der Waals surface area contributed by atoms with Gasteiger partial charge in [0.1, 0.15) is 0 Å². The first-order chi connectivity index (χ1) is 7.54. The number of allylic oxidation sites excluding steroid dienone is 1. The van der Waals surface area contributed by atoms with Gasteiger partial charge in [0.25, 0.3) is 0 Å². The van der Waals surface area contributed by atoms with Crippen LogP contribution < -0.4 is 0 Å². The summed E-state index contributed by atoms with van der Waals surface area (Å²) in [6, 6.07) is 0. The van der Waals surface area contributed by atoms with Crippen LogP contribution >= 0.6 is 0 Å². The predicted molar refractivity (Wildman–Crippen MR) is 66.0 cm³/mol. The Morgan fingerprint density at radius 1 is 1.31 bits per heavy atom. The maximum atomic E-state index is 8.99. The van der Waals surface area contributed by atoms with Gasteiger partial charge in [-0.05, 0) is 61.2 Å². The second-order valence-corrected chi connectivity index (χ2v) is 6.83. The van der Waals surface area contributed by atoms with Crippen LogP contribution in [0.4, 0.5) is 0 Å². The molecule has 0 spiro atoms. The molecular formula is C15H24O. The molecule has 0 saturated heterocycles. The van der Waals surface area contributed by atoms with Crippen molar-refractivity contribution < 1.29 is 5.11 Å². The normalized spacial score (nSPS) is 53.5. The number of rotatable bonds is 4. The van der Waals surface area contributed by atoms with E-state index in [1.165, 1.54) is 19.3 Å². The van der Waals surface area contributed by atoms with Crippen molar-refractivity contribution in [1.82, 2.24) is 0 Å². The summed E-state index contributed by atoms with van der Waals surface area (Å²) < 4.78 is 0. The quantitative estimate of drug-likeness (QED) is 0.720. The Morgan fingerprint density at radius 2 is 1.94 bits per heavy atom. The van der Waals surface area contributed by atoms with Crippen LogP contribution in [0.3, 0.4) is 0 Å². The lowest BCUT2D eigenvalue weighted by Crippen LogP contribution is -2.26. The molecule has 0 amide bonds. The summed E-state index contributed by atoms with van der Waals surface area (Å²) in [4.78, 5) is 0. The summed E-state index contributed by atoms with van der Waals surface area (Å²) in [6.45, 7) is 7.33. The highest BCUT2D eigenvalue weighted by molar-refractivity contribution is 5.29. The third-order valence-electron chi connectivity index (χ3n) is 6.53. The maximum Gasteiger partial charge on any atom is 0.0639 e. The third kappa shape index (κ3) is 1.06. The molecule has 4 aliphatic rings. The van der Waals surface area contributed by atoms with E-state index in [4.69, 9.17) is 5.11 Å². The lowest BCUT2D eigenvalue weighted by Gasteiger charge is -2.34. The van der Waals surface area contributed by atoms with E-state index in [1.807, 2.05) is 6.92 Å². The Balaban J connectivity index is 1.68. The first-order valence-corrected chi connectivity index (χ1v) is 6.80. The molecule has 1 N–H and O–H groups in total. The molecule has 4 bridgehead atoms. The van der Waals surface area contributed by atoms with Crippen LogP contribution in [0.25, 0.3) is 0 Å². The zero-order valence-corrected chi connectivity index (χ0v) is 10.8. The van der Waals surface area contributed by atoms with E-state index >= 15 is 0 Å². The fraction of sp³-hybridized carbons (Fsp3) is 0.867. The van der Waals surface area contributed by atoms with E-state index in [2.05, 4.69) is 19.9 Å². The van der Waals surface area contributed by atoms with Crippen LogP contribution in [0.5, 0.6) is 0 Å². The van der Waals surface area contributed by atoms with E-state index in [1.54, 1.807) is 0 Å². The van der Waals surface area contributed by atoms with Crippen molar-refractivity contribution in [1.29, 1.82) is 0 Å². The smallest absolute Gasteiger partial charge is 0.0639 e. The number of aliphatic hydroxyl groups is 1. The molecule has 4 aliphatic carbocycles. The highest BCUT2D eigenvalue weighted by Crippen LogP contribution is 2.87. The Morgan fingerprint density at radius 3 is 2.38 bits per heavy atom. The molecule has 0 aromatic rings. The minimum Gasteiger partial charge on any atom is -0.392 e. The maximum absolute atomic E-state index is 8.99.